The molecule has 2 aromatic rings. The molecule has 1 aliphatic heterocycles. The molecule has 0 aliphatic carbocycles. The van der Waals surface area contributed by atoms with Crippen LogP contribution in [-0.4, -0.2) is 13.4 Å². The van der Waals surface area contributed by atoms with Crippen molar-refractivity contribution in [1.29, 1.82) is 0 Å². The van der Waals surface area contributed by atoms with Crippen LogP contribution < -0.4 is 9.47 Å². The summed E-state index contributed by atoms with van der Waals surface area (Å²) in [6, 6.07) is 7.50. The van der Waals surface area contributed by atoms with Crippen LogP contribution in [0.25, 0.3) is 16.8 Å². The maximum atomic E-state index is 11.0. The number of methoxy groups -OCH3 is 1. The highest BCUT2D eigenvalue weighted by Crippen LogP contribution is 2.39. The molecule has 0 N–H and O–H groups in total. The Kier molecular flexibility index (Phi) is 2.11. The summed E-state index contributed by atoms with van der Waals surface area (Å²) in [5.41, 5.74) is 1.59. The summed E-state index contributed by atoms with van der Waals surface area (Å²) in [6.07, 6.45) is 4.27. The average Bonchev–Trinajstić information content (AvgIpc) is 2.40. The van der Waals surface area contributed by atoms with Crippen molar-refractivity contribution in [3.8, 4) is 11.5 Å². The third kappa shape index (κ3) is 1.32. The number of hydrogen-bond acceptors (Lipinski definition) is 3. The van der Waals surface area contributed by atoms with Crippen LogP contribution in [0.2, 0.25) is 0 Å². The molecular formula is C14H10O3. The number of aldehydes is 1. The van der Waals surface area contributed by atoms with Crippen molar-refractivity contribution in [3.63, 3.8) is 0 Å². The predicted octanol–water partition coefficient (Wildman–Crippen LogP) is 3.02. The summed E-state index contributed by atoms with van der Waals surface area (Å²) in [5, 5.41) is 1.88. The zero-order valence-electron chi connectivity index (χ0n) is 9.27. The van der Waals surface area contributed by atoms with E-state index in [0.29, 0.717) is 11.3 Å². The van der Waals surface area contributed by atoms with Crippen LogP contribution in [0.15, 0.2) is 30.5 Å². The first-order valence-electron chi connectivity index (χ1n) is 5.27. The van der Waals surface area contributed by atoms with E-state index >= 15 is 0 Å². The van der Waals surface area contributed by atoms with E-state index in [0.717, 1.165) is 28.4 Å². The van der Waals surface area contributed by atoms with Gasteiger partial charge in [0.25, 0.3) is 0 Å². The van der Waals surface area contributed by atoms with Gasteiger partial charge in [0.15, 0.2) is 6.29 Å². The zero-order valence-corrected chi connectivity index (χ0v) is 9.27. The molecule has 0 spiro atoms. The van der Waals surface area contributed by atoms with Crippen molar-refractivity contribution in [1.82, 2.24) is 0 Å². The number of hydrogen-bond donors (Lipinski definition) is 0. The molecule has 0 radical (unpaired) electrons. The van der Waals surface area contributed by atoms with Gasteiger partial charge in [-0.05, 0) is 29.8 Å². The fourth-order valence-electron chi connectivity index (χ4n) is 2.14. The first-order chi connectivity index (χ1) is 8.35. The Morgan fingerprint density at radius 1 is 1.24 bits per heavy atom. The van der Waals surface area contributed by atoms with E-state index in [1.54, 1.807) is 19.4 Å². The fourth-order valence-corrected chi connectivity index (χ4v) is 2.14. The number of rotatable bonds is 2. The lowest BCUT2D eigenvalue weighted by Crippen LogP contribution is -1.98. The van der Waals surface area contributed by atoms with Gasteiger partial charge in [-0.15, -0.1) is 0 Å². The largest absolute Gasteiger partial charge is 0.496 e. The van der Waals surface area contributed by atoms with Crippen LogP contribution in [0, 0.1) is 0 Å². The van der Waals surface area contributed by atoms with E-state index in [2.05, 4.69) is 0 Å². The van der Waals surface area contributed by atoms with Crippen LogP contribution in [0.3, 0.4) is 0 Å². The van der Waals surface area contributed by atoms with E-state index in [1.807, 2.05) is 24.3 Å². The van der Waals surface area contributed by atoms with Gasteiger partial charge < -0.3 is 9.47 Å². The van der Waals surface area contributed by atoms with Crippen molar-refractivity contribution < 1.29 is 14.3 Å². The minimum atomic E-state index is 0.552. The van der Waals surface area contributed by atoms with Gasteiger partial charge in [0, 0.05) is 10.8 Å². The van der Waals surface area contributed by atoms with Crippen LogP contribution in [0.1, 0.15) is 15.9 Å². The van der Waals surface area contributed by atoms with Gasteiger partial charge >= 0.3 is 0 Å². The quantitative estimate of drug-likeness (QED) is 0.738. The van der Waals surface area contributed by atoms with E-state index in [4.69, 9.17) is 9.47 Å². The van der Waals surface area contributed by atoms with Gasteiger partial charge in [-0.2, -0.15) is 0 Å². The number of carbonyl (C=O) groups is 1. The van der Waals surface area contributed by atoms with Crippen LogP contribution in [-0.2, 0) is 0 Å². The lowest BCUT2D eigenvalue weighted by Gasteiger charge is -2.16. The summed E-state index contributed by atoms with van der Waals surface area (Å²) in [5.74, 6) is 1.38. The molecule has 0 amide bonds. The van der Waals surface area contributed by atoms with Crippen molar-refractivity contribution in [3.05, 3.63) is 41.7 Å². The Labute approximate surface area is 98.3 Å². The third-order valence-electron chi connectivity index (χ3n) is 2.94. The number of benzene rings is 2. The van der Waals surface area contributed by atoms with Crippen LogP contribution in [0.5, 0.6) is 11.5 Å². The molecule has 0 saturated carbocycles. The minimum Gasteiger partial charge on any atom is -0.496 e. The van der Waals surface area contributed by atoms with Crippen molar-refractivity contribution in [2.75, 3.05) is 7.11 Å². The molecule has 3 rings (SSSR count). The molecule has 0 bridgehead atoms. The smallest absolute Gasteiger partial charge is 0.153 e. The highest BCUT2D eigenvalue weighted by Gasteiger charge is 2.16. The molecule has 1 heterocycles. The van der Waals surface area contributed by atoms with Crippen molar-refractivity contribution >= 4 is 23.1 Å². The Hall–Kier alpha value is -2.29. The molecule has 0 aromatic heterocycles. The number of carbonyl (C=O) groups excluding carboxylic acids is 1. The lowest BCUT2D eigenvalue weighted by atomic mass is 9.98. The first kappa shape index (κ1) is 9.90. The second-order valence-corrected chi connectivity index (χ2v) is 3.80. The Bertz CT molecular complexity index is 641. The molecule has 0 atom stereocenters. The molecule has 2 aromatic carbocycles. The van der Waals surface area contributed by atoms with Gasteiger partial charge in [0.05, 0.1) is 18.9 Å². The summed E-state index contributed by atoms with van der Waals surface area (Å²) >= 11 is 0. The average molecular weight is 226 g/mol. The molecule has 1 aliphatic rings. The van der Waals surface area contributed by atoms with Crippen LogP contribution in [0.4, 0.5) is 0 Å². The van der Waals surface area contributed by atoms with Gasteiger partial charge in [0.2, 0.25) is 0 Å². The molecule has 3 nitrogen and oxygen atoms in total. The maximum absolute atomic E-state index is 11.0. The van der Waals surface area contributed by atoms with Gasteiger partial charge in [0.1, 0.15) is 11.5 Å². The van der Waals surface area contributed by atoms with Crippen molar-refractivity contribution in [2.24, 2.45) is 0 Å². The monoisotopic (exact) mass is 226 g/mol. The Morgan fingerprint density at radius 3 is 2.88 bits per heavy atom. The fraction of sp³-hybridized carbons (Fsp3) is 0.0714. The maximum Gasteiger partial charge on any atom is 0.153 e. The third-order valence-corrected chi connectivity index (χ3v) is 2.94. The number of ether oxygens (including phenoxy) is 2. The predicted molar refractivity (Wildman–Crippen MR) is 65.5 cm³/mol. The molecule has 17 heavy (non-hydrogen) atoms. The van der Waals surface area contributed by atoms with Gasteiger partial charge in [-0.1, -0.05) is 6.07 Å². The summed E-state index contributed by atoms with van der Waals surface area (Å²) in [7, 11) is 1.63. The van der Waals surface area contributed by atoms with E-state index in [-0.39, 0.29) is 0 Å². The van der Waals surface area contributed by atoms with Crippen molar-refractivity contribution in [2.45, 2.75) is 0 Å². The minimum absolute atomic E-state index is 0.552. The summed E-state index contributed by atoms with van der Waals surface area (Å²) in [6.45, 7) is 0. The van der Waals surface area contributed by atoms with E-state index < -0.39 is 0 Å². The standard InChI is InChI=1S/C14H10O3/c1-16-12-5-3-9-6-7-17-14-10(8-15)2-4-11(12)13(9)14/h2-8H,1H3. The molecule has 0 fully saturated rings. The molecular weight excluding hydrogens is 216 g/mol. The molecule has 0 saturated heterocycles. The van der Waals surface area contributed by atoms with Crippen LogP contribution >= 0.6 is 0 Å². The first-order valence-corrected chi connectivity index (χ1v) is 5.27. The SMILES string of the molecule is COc1ccc2c3c(c(C=O)ccc13)OC=C2. The topological polar surface area (TPSA) is 35.5 Å². The second-order valence-electron chi connectivity index (χ2n) is 3.80. The van der Waals surface area contributed by atoms with Gasteiger partial charge in [-0.25, -0.2) is 0 Å². The molecule has 3 heteroatoms. The normalized spacial score (nSPS) is 12.3. The molecule has 84 valence electrons. The Balaban J connectivity index is 2.48. The lowest BCUT2D eigenvalue weighted by molar-refractivity contribution is 0.112. The summed E-state index contributed by atoms with van der Waals surface area (Å²) in [4.78, 5) is 11.0. The van der Waals surface area contributed by atoms with Gasteiger partial charge in [-0.3, -0.25) is 4.79 Å². The zero-order chi connectivity index (χ0) is 11.8. The molecule has 0 unspecified atom stereocenters. The highest BCUT2D eigenvalue weighted by molar-refractivity contribution is 6.04. The van der Waals surface area contributed by atoms with E-state index in [1.165, 1.54) is 0 Å². The Morgan fingerprint density at radius 2 is 2.12 bits per heavy atom. The summed E-state index contributed by atoms with van der Waals surface area (Å²) < 4.78 is 10.8. The van der Waals surface area contributed by atoms with E-state index in [9.17, 15) is 4.79 Å². The highest BCUT2D eigenvalue weighted by atomic mass is 16.5. The second kappa shape index (κ2) is 3.63.